The van der Waals surface area contributed by atoms with Crippen molar-refractivity contribution >= 4 is 16.9 Å². The number of carbonyl (C=O) groups is 1. The summed E-state index contributed by atoms with van der Waals surface area (Å²) in [4.78, 5) is 17.6. The van der Waals surface area contributed by atoms with E-state index in [1.807, 2.05) is 50.2 Å². The minimum Gasteiger partial charge on any atom is -0.493 e. The molecule has 0 bridgehead atoms. The first kappa shape index (κ1) is 23.6. The molecule has 176 valence electrons. The van der Waals surface area contributed by atoms with Crippen LogP contribution in [0.2, 0.25) is 0 Å². The van der Waals surface area contributed by atoms with Gasteiger partial charge in [-0.05, 0) is 75.4 Å². The quantitative estimate of drug-likeness (QED) is 0.312. The fraction of sp³-hybridized carbons (Fsp3) is 0.310. The SMILES string of the molecule is Cc1ccc(C(=O)NCc2nc3ccccc3n2CCCCOc2c(C)cccc2C)c(C)c1. The van der Waals surface area contributed by atoms with Crippen molar-refractivity contribution in [3.8, 4) is 5.75 Å². The molecule has 34 heavy (non-hydrogen) atoms. The van der Waals surface area contributed by atoms with Crippen LogP contribution in [-0.2, 0) is 13.1 Å². The number of benzene rings is 3. The fourth-order valence-corrected chi connectivity index (χ4v) is 4.41. The van der Waals surface area contributed by atoms with Crippen molar-refractivity contribution in [2.45, 2.75) is 53.6 Å². The maximum atomic E-state index is 12.8. The van der Waals surface area contributed by atoms with Crippen LogP contribution in [0.3, 0.4) is 0 Å². The van der Waals surface area contributed by atoms with Gasteiger partial charge in [0.1, 0.15) is 11.6 Å². The molecule has 0 atom stereocenters. The van der Waals surface area contributed by atoms with Gasteiger partial charge >= 0.3 is 0 Å². The molecule has 3 aromatic carbocycles. The van der Waals surface area contributed by atoms with Gasteiger partial charge in [0.15, 0.2) is 0 Å². The number of para-hydroxylation sites is 3. The zero-order valence-electron chi connectivity index (χ0n) is 20.5. The minimum absolute atomic E-state index is 0.0712. The first-order chi connectivity index (χ1) is 16.4. The Morgan fingerprint density at radius 3 is 2.44 bits per heavy atom. The number of ether oxygens (including phenoxy) is 1. The highest BCUT2D eigenvalue weighted by Crippen LogP contribution is 2.23. The van der Waals surface area contributed by atoms with Crippen molar-refractivity contribution < 1.29 is 9.53 Å². The molecule has 0 aliphatic heterocycles. The van der Waals surface area contributed by atoms with E-state index < -0.39 is 0 Å². The lowest BCUT2D eigenvalue weighted by molar-refractivity contribution is 0.0949. The number of carbonyl (C=O) groups excluding carboxylic acids is 1. The lowest BCUT2D eigenvalue weighted by atomic mass is 10.1. The minimum atomic E-state index is -0.0712. The van der Waals surface area contributed by atoms with Gasteiger partial charge in [-0.1, -0.05) is 48.0 Å². The monoisotopic (exact) mass is 455 g/mol. The Hall–Kier alpha value is -3.60. The second-order valence-corrected chi connectivity index (χ2v) is 8.95. The van der Waals surface area contributed by atoms with Crippen molar-refractivity contribution in [1.29, 1.82) is 0 Å². The molecule has 0 fully saturated rings. The van der Waals surface area contributed by atoms with Crippen LogP contribution in [0.5, 0.6) is 5.75 Å². The van der Waals surface area contributed by atoms with Crippen molar-refractivity contribution in [3.05, 3.63) is 94.3 Å². The van der Waals surface area contributed by atoms with E-state index in [9.17, 15) is 4.79 Å². The summed E-state index contributed by atoms with van der Waals surface area (Å²) in [5.74, 6) is 1.79. The third-order valence-electron chi connectivity index (χ3n) is 6.20. The van der Waals surface area contributed by atoms with E-state index >= 15 is 0 Å². The summed E-state index contributed by atoms with van der Waals surface area (Å²) in [6.07, 6.45) is 1.90. The lowest BCUT2D eigenvalue weighted by Gasteiger charge is -2.13. The summed E-state index contributed by atoms with van der Waals surface area (Å²) in [6, 6.07) is 20.2. The summed E-state index contributed by atoms with van der Waals surface area (Å²) < 4.78 is 8.29. The molecule has 4 aromatic rings. The summed E-state index contributed by atoms with van der Waals surface area (Å²) >= 11 is 0. The van der Waals surface area contributed by atoms with E-state index in [0.29, 0.717) is 18.7 Å². The first-order valence-electron chi connectivity index (χ1n) is 11.9. The standard InChI is InChI=1S/C29H33N3O2/c1-20-14-15-24(23(4)18-20)29(33)30-19-27-31-25-12-5-6-13-26(25)32(27)16-7-8-17-34-28-21(2)10-9-11-22(28)3/h5-6,9-15,18H,7-8,16-17,19H2,1-4H3,(H,30,33). The highest BCUT2D eigenvalue weighted by atomic mass is 16.5. The molecule has 5 nitrogen and oxygen atoms in total. The molecule has 0 aliphatic carbocycles. The van der Waals surface area contributed by atoms with E-state index in [4.69, 9.17) is 9.72 Å². The van der Waals surface area contributed by atoms with E-state index in [0.717, 1.165) is 53.1 Å². The molecular weight excluding hydrogens is 422 g/mol. The van der Waals surface area contributed by atoms with Gasteiger partial charge in [-0.2, -0.15) is 0 Å². The average molecular weight is 456 g/mol. The van der Waals surface area contributed by atoms with E-state index in [1.165, 1.54) is 11.1 Å². The normalized spacial score (nSPS) is 11.1. The molecule has 1 aromatic heterocycles. The third kappa shape index (κ3) is 5.30. The maximum Gasteiger partial charge on any atom is 0.251 e. The second-order valence-electron chi connectivity index (χ2n) is 8.95. The number of imidazole rings is 1. The number of aromatic nitrogens is 2. The van der Waals surface area contributed by atoms with E-state index in [2.05, 4.69) is 48.0 Å². The van der Waals surface area contributed by atoms with Gasteiger partial charge in [-0.3, -0.25) is 4.79 Å². The van der Waals surface area contributed by atoms with Crippen LogP contribution in [0.1, 0.15) is 51.3 Å². The van der Waals surface area contributed by atoms with Gasteiger partial charge in [0, 0.05) is 12.1 Å². The zero-order chi connectivity index (χ0) is 24.1. The van der Waals surface area contributed by atoms with E-state index in [-0.39, 0.29) is 5.91 Å². The Balaban J connectivity index is 1.40. The second kappa shape index (κ2) is 10.6. The van der Waals surface area contributed by atoms with Crippen LogP contribution in [0.4, 0.5) is 0 Å². The van der Waals surface area contributed by atoms with Crippen LogP contribution < -0.4 is 10.1 Å². The van der Waals surface area contributed by atoms with E-state index in [1.54, 1.807) is 0 Å². The number of nitrogens with one attached hydrogen (secondary N) is 1. The van der Waals surface area contributed by atoms with Gasteiger partial charge in [-0.25, -0.2) is 4.98 Å². The maximum absolute atomic E-state index is 12.8. The molecule has 0 spiro atoms. The topological polar surface area (TPSA) is 56.2 Å². The lowest BCUT2D eigenvalue weighted by Crippen LogP contribution is -2.25. The molecule has 1 amide bonds. The molecule has 0 radical (unpaired) electrons. The summed E-state index contributed by atoms with van der Waals surface area (Å²) in [5, 5.41) is 3.07. The predicted octanol–water partition coefficient (Wildman–Crippen LogP) is 6.06. The Labute approximate surface area is 201 Å². The molecule has 0 saturated heterocycles. The molecule has 0 unspecified atom stereocenters. The predicted molar refractivity (Wildman–Crippen MR) is 137 cm³/mol. The molecular formula is C29H33N3O2. The van der Waals surface area contributed by atoms with Gasteiger partial charge in [0.05, 0.1) is 24.2 Å². The number of hydrogen-bond donors (Lipinski definition) is 1. The van der Waals surface area contributed by atoms with Crippen molar-refractivity contribution in [2.75, 3.05) is 6.61 Å². The molecule has 0 aliphatic rings. The number of unbranched alkanes of at least 4 members (excludes halogenated alkanes) is 1. The highest BCUT2D eigenvalue weighted by molar-refractivity contribution is 5.95. The van der Waals surface area contributed by atoms with Gasteiger partial charge in [0.2, 0.25) is 0 Å². The van der Waals surface area contributed by atoms with Crippen LogP contribution in [0.15, 0.2) is 60.7 Å². The Morgan fingerprint density at radius 2 is 1.68 bits per heavy atom. The summed E-state index contributed by atoms with van der Waals surface area (Å²) in [5.41, 5.74) is 7.22. The van der Waals surface area contributed by atoms with Crippen molar-refractivity contribution in [1.82, 2.24) is 14.9 Å². The zero-order valence-corrected chi connectivity index (χ0v) is 20.5. The van der Waals surface area contributed by atoms with Crippen molar-refractivity contribution in [3.63, 3.8) is 0 Å². The van der Waals surface area contributed by atoms with Crippen molar-refractivity contribution in [2.24, 2.45) is 0 Å². The number of rotatable bonds is 9. The van der Waals surface area contributed by atoms with Crippen LogP contribution >= 0.6 is 0 Å². The fourth-order valence-electron chi connectivity index (χ4n) is 4.41. The third-order valence-corrected chi connectivity index (χ3v) is 6.20. The highest BCUT2D eigenvalue weighted by Gasteiger charge is 2.14. The number of aryl methyl sites for hydroxylation is 5. The van der Waals surface area contributed by atoms with Crippen LogP contribution in [0, 0.1) is 27.7 Å². The Bertz CT molecular complexity index is 1290. The first-order valence-corrected chi connectivity index (χ1v) is 11.9. The molecule has 0 saturated carbocycles. The number of nitrogens with zero attached hydrogens (tertiary/aromatic N) is 2. The summed E-state index contributed by atoms with van der Waals surface area (Å²) in [6.45, 7) is 10.1. The number of hydrogen-bond acceptors (Lipinski definition) is 3. The average Bonchev–Trinajstić information content (AvgIpc) is 3.16. The molecule has 1 N–H and O–H groups in total. The Kier molecular flexibility index (Phi) is 7.31. The number of amides is 1. The Morgan fingerprint density at radius 1 is 0.912 bits per heavy atom. The molecule has 5 heteroatoms. The van der Waals surface area contributed by atoms with Gasteiger partial charge in [0.25, 0.3) is 5.91 Å². The van der Waals surface area contributed by atoms with Crippen LogP contribution in [-0.4, -0.2) is 22.1 Å². The number of fused-ring (bicyclic) bond motifs is 1. The van der Waals surface area contributed by atoms with Gasteiger partial charge < -0.3 is 14.6 Å². The largest absolute Gasteiger partial charge is 0.493 e. The smallest absolute Gasteiger partial charge is 0.251 e. The van der Waals surface area contributed by atoms with Gasteiger partial charge in [-0.15, -0.1) is 0 Å². The summed E-state index contributed by atoms with van der Waals surface area (Å²) in [7, 11) is 0. The molecule has 1 heterocycles. The molecule has 4 rings (SSSR count). The van der Waals surface area contributed by atoms with Crippen LogP contribution in [0.25, 0.3) is 11.0 Å².